The average Bonchev–Trinajstić information content (AvgIpc) is 3.33. The van der Waals surface area contributed by atoms with Crippen LogP contribution in [0.1, 0.15) is 33.4 Å². The standard InChI is InChI=1S/C54H64N8O8/c1-27-29(23-59-15-7-55(3)8-16-59)47(63)43-35-33(27)34-28(2)30(24-60-17-9-56(4)10-18-60)48(64)44-36(34)38-37(35)39-41(49(65)31(51(67)45(39)53(43)69)25-61-19-11-57(5)12-20-61)42-40(38)46(54(44)70)52(68)32(50(42)66)26-62-21-13-58(6)14-22-62/h63-68H,7-26H2,1-6H3. The van der Waals surface area contributed by atoms with Gasteiger partial charge in [-0.15, -0.1) is 0 Å². The second kappa shape index (κ2) is 16.5. The molecule has 0 bridgehead atoms. The van der Waals surface area contributed by atoms with Crippen LogP contribution in [0, 0.1) is 13.8 Å². The van der Waals surface area contributed by atoms with Gasteiger partial charge in [0.15, 0.2) is 0 Å². The Bertz CT molecular complexity index is 3080. The Morgan fingerprint density at radius 1 is 0.286 bits per heavy atom. The van der Waals surface area contributed by atoms with Crippen molar-refractivity contribution in [3.05, 3.63) is 53.8 Å². The molecule has 8 aromatic rings. The lowest BCUT2D eigenvalue weighted by atomic mass is 9.75. The maximum absolute atomic E-state index is 15.9. The highest BCUT2D eigenvalue weighted by atomic mass is 16.3. The fourth-order valence-electron chi connectivity index (χ4n) is 13.0. The fourth-order valence-corrected chi connectivity index (χ4v) is 13.0. The van der Waals surface area contributed by atoms with Gasteiger partial charge in [0.05, 0.1) is 32.7 Å². The number of aromatic hydroxyl groups is 6. The highest BCUT2D eigenvalue weighted by Crippen LogP contribution is 2.60. The number of nitrogens with zero attached hydrogens (tertiary/aromatic N) is 8. The molecule has 70 heavy (non-hydrogen) atoms. The number of likely N-dealkylation sites (N-methyl/N-ethyl adjacent to an activating group) is 4. The quantitative estimate of drug-likeness (QED) is 0.0947. The molecule has 4 aliphatic heterocycles. The summed E-state index contributed by atoms with van der Waals surface area (Å²) in [5, 5.41) is 80.5. The van der Waals surface area contributed by atoms with Gasteiger partial charge < -0.3 is 50.2 Å². The molecule has 6 N–H and O–H groups in total. The number of piperazine rings is 4. The molecule has 12 rings (SSSR count). The van der Waals surface area contributed by atoms with Crippen LogP contribution in [0.25, 0.3) is 75.4 Å². The third kappa shape index (κ3) is 6.50. The van der Waals surface area contributed by atoms with Gasteiger partial charge in [-0.25, -0.2) is 0 Å². The van der Waals surface area contributed by atoms with Crippen molar-refractivity contribution < 1.29 is 30.6 Å². The normalized spacial score (nSPS) is 20.0. The molecule has 368 valence electrons. The SMILES string of the molecule is Cc1c(CN2CCN(C)CC2)c(O)c2c(=O)c3c(O)c(CN4CCN(C)CC4)c(O)c4c5c(O)c(CN6CCN(C)CC6)c(O)c6c(=O)c7c(O)c(CN8CCN(C)CC8)c(C)c8c1c2c(c34)c(c78)c65. The van der Waals surface area contributed by atoms with Crippen LogP contribution in [-0.2, 0) is 26.2 Å². The highest BCUT2D eigenvalue weighted by Gasteiger charge is 2.38. The number of fused-ring (bicyclic) bond motifs is 2. The molecule has 0 atom stereocenters. The smallest absolute Gasteiger partial charge is 0.201 e. The van der Waals surface area contributed by atoms with Gasteiger partial charge >= 0.3 is 0 Å². The van der Waals surface area contributed by atoms with E-state index in [9.17, 15) is 30.6 Å². The van der Waals surface area contributed by atoms with Crippen molar-refractivity contribution >= 4 is 75.4 Å². The first kappa shape index (κ1) is 45.6. The molecule has 4 fully saturated rings. The Balaban J connectivity index is 1.29. The van der Waals surface area contributed by atoms with Crippen molar-refractivity contribution in [2.45, 2.75) is 40.0 Å². The van der Waals surface area contributed by atoms with Gasteiger partial charge in [0.2, 0.25) is 10.9 Å². The summed E-state index contributed by atoms with van der Waals surface area (Å²) in [7, 11) is 8.25. The molecule has 4 heterocycles. The number of phenols is 6. The summed E-state index contributed by atoms with van der Waals surface area (Å²) in [6.07, 6.45) is 0. The lowest BCUT2D eigenvalue weighted by Gasteiger charge is -2.34. The summed E-state index contributed by atoms with van der Waals surface area (Å²) < 4.78 is 0. The van der Waals surface area contributed by atoms with Gasteiger partial charge in [0.25, 0.3) is 0 Å². The number of benzene rings is 8. The molecule has 0 aromatic heterocycles. The summed E-state index contributed by atoms with van der Waals surface area (Å²) in [6, 6.07) is 0. The summed E-state index contributed by atoms with van der Waals surface area (Å²) in [6.45, 7) is 16.6. The zero-order chi connectivity index (χ0) is 48.9. The minimum atomic E-state index is -0.602. The van der Waals surface area contributed by atoms with E-state index in [-0.39, 0.29) is 90.3 Å². The molecule has 8 aromatic carbocycles. The maximum atomic E-state index is 15.9. The van der Waals surface area contributed by atoms with Crippen LogP contribution in [0.15, 0.2) is 9.59 Å². The van der Waals surface area contributed by atoms with Crippen molar-refractivity contribution in [2.75, 3.05) is 133 Å². The Morgan fingerprint density at radius 2 is 0.486 bits per heavy atom. The number of hydrogen-bond donors (Lipinski definition) is 6. The first-order valence-corrected chi connectivity index (χ1v) is 25.0. The topological polar surface area (TPSA) is 181 Å². The molecule has 0 spiro atoms. The van der Waals surface area contributed by atoms with Gasteiger partial charge in [-0.05, 0) is 63.9 Å². The van der Waals surface area contributed by atoms with E-state index < -0.39 is 22.4 Å². The molecule has 4 saturated heterocycles. The lowest BCUT2D eigenvalue weighted by molar-refractivity contribution is 0.146. The molecule has 4 aliphatic rings. The van der Waals surface area contributed by atoms with E-state index in [4.69, 9.17) is 0 Å². The lowest BCUT2D eigenvalue weighted by Crippen LogP contribution is -2.44. The second-order valence-corrected chi connectivity index (χ2v) is 21.5. The Morgan fingerprint density at radius 3 is 0.757 bits per heavy atom. The fraction of sp³-hybridized carbons (Fsp3) is 0.481. The highest BCUT2D eigenvalue weighted by molar-refractivity contribution is 6.51. The molecular weight excluding hydrogens is 889 g/mol. The van der Waals surface area contributed by atoms with E-state index in [0.29, 0.717) is 82.7 Å². The van der Waals surface area contributed by atoms with E-state index in [2.05, 4.69) is 53.3 Å². The zero-order valence-electron chi connectivity index (χ0n) is 41.2. The second-order valence-electron chi connectivity index (χ2n) is 21.5. The molecule has 0 unspecified atom stereocenters. The summed E-state index contributed by atoms with van der Waals surface area (Å²) in [5.74, 6) is -1.83. The zero-order valence-corrected chi connectivity index (χ0v) is 41.2. The van der Waals surface area contributed by atoms with Gasteiger partial charge in [-0.1, -0.05) is 0 Å². The van der Waals surface area contributed by atoms with Crippen LogP contribution in [0.5, 0.6) is 34.5 Å². The molecule has 0 amide bonds. The summed E-state index contributed by atoms with van der Waals surface area (Å²) in [5.41, 5.74) is 1.58. The van der Waals surface area contributed by atoms with E-state index in [1.54, 1.807) is 0 Å². The van der Waals surface area contributed by atoms with Crippen molar-refractivity contribution in [2.24, 2.45) is 0 Å². The first-order chi connectivity index (χ1) is 33.5. The van der Waals surface area contributed by atoms with Crippen LogP contribution in [0.4, 0.5) is 0 Å². The van der Waals surface area contributed by atoms with E-state index in [1.807, 2.05) is 27.9 Å². The number of phenolic OH excluding ortho intramolecular Hbond substituents is 6. The Labute approximate surface area is 405 Å². The van der Waals surface area contributed by atoms with Crippen LogP contribution >= 0.6 is 0 Å². The monoisotopic (exact) mass is 952 g/mol. The molecule has 0 saturated carbocycles. The number of aryl methyl sites for hydroxylation is 2. The predicted molar refractivity (Wildman–Crippen MR) is 277 cm³/mol. The molecule has 16 nitrogen and oxygen atoms in total. The average molecular weight is 953 g/mol. The summed E-state index contributed by atoms with van der Waals surface area (Å²) in [4.78, 5) is 49.5. The van der Waals surface area contributed by atoms with Crippen molar-refractivity contribution in [3.8, 4) is 34.5 Å². The van der Waals surface area contributed by atoms with Gasteiger partial charge in [-0.2, -0.15) is 0 Å². The Hall–Kier alpha value is -5.56. The maximum Gasteiger partial charge on any atom is 0.201 e. The van der Waals surface area contributed by atoms with E-state index in [1.165, 1.54) is 0 Å². The summed E-state index contributed by atoms with van der Waals surface area (Å²) >= 11 is 0. The van der Waals surface area contributed by atoms with Crippen LogP contribution in [0.3, 0.4) is 0 Å². The Kier molecular flexibility index (Phi) is 10.7. The van der Waals surface area contributed by atoms with Crippen molar-refractivity contribution in [1.29, 1.82) is 0 Å². The molecule has 0 radical (unpaired) electrons. The predicted octanol–water partition coefficient (Wildman–Crippen LogP) is 4.07. The number of hydrogen-bond acceptors (Lipinski definition) is 16. The molecule has 0 aliphatic carbocycles. The number of rotatable bonds is 8. The van der Waals surface area contributed by atoms with Crippen LogP contribution in [0.2, 0.25) is 0 Å². The largest absolute Gasteiger partial charge is 0.507 e. The van der Waals surface area contributed by atoms with Gasteiger partial charge in [0, 0.05) is 185 Å². The van der Waals surface area contributed by atoms with Crippen molar-refractivity contribution in [3.63, 3.8) is 0 Å². The van der Waals surface area contributed by atoms with Gasteiger partial charge in [0.1, 0.15) is 34.5 Å². The minimum absolute atomic E-state index is 0.0273. The van der Waals surface area contributed by atoms with E-state index >= 15 is 9.59 Å². The van der Waals surface area contributed by atoms with Crippen LogP contribution in [-0.4, -0.2) is 203 Å². The third-order valence-corrected chi connectivity index (χ3v) is 17.4. The van der Waals surface area contributed by atoms with E-state index in [0.717, 1.165) is 89.7 Å². The third-order valence-electron chi connectivity index (χ3n) is 17.4. The molecular formula is C54H64N8O8. The van der Waals surface area contributed by atoms with Gasteiger partial charge in [-0.3, -0.25) is 29.2 Å². The molecule has 16 heteroatoms. The van der Waals surface area contributed by atoms with Crippen LogP contribution < -0.4 is 10.9 Å². The minimum Gasteiger partial charge on any atom is -0.507 e. The van der Waals surface area contributed by atoms with Crippen molar-refractivity contribution in [1.82, 2.24) is 39.2 Å². The first-order valence-electron chi connectivity index (χ1n) is 25.0.